The molecule has 0 fully saturated rings. The van der Waals surface area contributed by atoms with Crippen molar-refractivity contribution in [3.05, 3.63) is 82.9 Å². The van der Waals surface area contributed by atoms with Gasteiger partial charge < -0.3 is 9.11 Å². The van der Waals surface area contributed by atoms with Crippen LogP contribution >= 0.6 is 0 Å². The Morgan fingerprint density at radius 2 is 0.536 bits per heavy atom. The molecule has 384 valence electrons. The van der Waals surface area contributed by atoms with Crippen molar-refractivity contribution in [2.45, 2.75) is 269 Å². The summed E-state index contributed by atoms with van der Waals surface area (Å²) in [6, 6.07) is 19.2. The van der Waals surface area contributed by atoms with Crippen molar-refractivity contribution in [1.29, 1.82) is 0 Å². The minimum atomic E-state index is -4.50. The van der Waals surface area contributed by atoms with Crippen molar-refractivity contribution < 1.29 is 25.9 Å². The van der Waals surface area contributed by atoms with Crippen LogP contribution in [0.5, 0.6) is 0 Å². The minimum absolute atomic E-state index is 0. The van der Waals surface area contributed by atoms with Crippen LogP contribution in [0.4, 0.5) is 0 Å². The van der Waals surface area contributed by atoms with Gasteiger partial charge in [-0.05, 0) is 107 Å². The molecule has 4 aromatic rings. The van der Waals surface area contributed by atoms with Crippen molar-refractivity contribution >= 4 is 79.5 Å². The molecule has 4 rings (SSSR count). The zero-order valence-corrected chi connectivity index (χ0v) is 48.0. The molecule has 4 aromatic carbocycles. The molecule has 0 radical (unpaired) electrons. The summed E-state index contributed by atoms with van der Waals surface area (Å²) >= 11 is 0. The normalized spacial score (nSPS) is 11.8. The van der Waals surface area contributed by atoms with Gasteiger partial charge in [-0.15, -0.1) is 0 Å². The van der Waals surface area contributed by atoms with Crippen LogP contribution in [0, 0.1) is 0 Å². The first-order valence-corrected chi connectivity index (χ1v) is 30.8. The van der Waals surface area contributed by atoms with Gasteiger partial charge in [0, 0.05) is 0 Å². The molecule has 6 nitrogen and oxygen atoms in total. The number of unbranched alkanes of at least 4 members (excludes halogenated alkanes) is 28. The summed E-state index contributed by atoms with van der Waals surface area (Å²) < 4.78 is 73.4. The Balaban J connectivity index is 0.000000467. The molecule has 9 heteroatoms. The maximum absolute atomic E-state index is 12.2. The van der Waals surface area contributed by atoms with Crippen LogP contribution in [0.2, 0.25) is 0 Å². The standard InChI is InChI=1S/2C30H48O3S.Ca/c2*1-3-5-7-9-11-13-15-17-23-28-27-22-20-19-21-26(27)25-30(34(31,32)33)29(28)24-18-16-14-12-10-8-6-4-2;/h2*19-22,25H,3-18,23-24H2,1-2H3,(H,31,32,33);/q;;+2/p-2. The monoisotopic (exact) mass is 1010 g/mol. The second-order valence-corrected chi connectivity index (χ2v) is 22.6. The molecule has 0 aromatic heterocycles. The first kappa shape index (κ1) is 63.6. The Morgan fingerprint density at radius 1 is 0.319 bits per heavy atom. The SMILES string of the molecule is CCCCCCCCCCc1c(S(=O)(=O)[O-])cc2ccccc2c1CCCCCCCCCC.CCCCCCCCCCc1c(S(=O)(=O)[O-])cc2ccccc2c1CCCCCCCCCC.[Ca+2]. The van der Waals surface area contributed by atoms with Crippen LogP contribution in [0.1, 0.15) is 255 Å². The average Bonchev–Trinajstić information content (AvgIpc) is 3.32. The third-order valence-electron chi connectivity index (χ3n) is 14.1. The van der Waals surface area contributed by atoms with Gasteiger partial charge in [0.2, 0.25) is 0 Å². The van der Waals surface area contributed by atoms with Crippen LogP contribution < -0.4 is 0 Å². The fourth-order valence-electron chi connectivity index (χ4n) is 10.2. The number of hydrogen-bond acceptors (Lipinski definition) is 6. The molecule has 0 unspecified atom stereocenters. The van der Waals surface area contributed by atoms with Gasteiger partial charge in [-0.2, -0.15) is 0 Å². The van der Waals surface area contributed by atoms with Crippen molar-refractivity contribution in [2.75, 3.05) is 0 Å². The van der Waals surface area contributed by atoms with E-state index in [0.717, 1.165) is 108 Å². The van der Waals surface area contributed by atoms with E-state index >= 15 is 0 Å². The molecular formula is C60H94CaO6S2. The second kappa shape index (κ2) is 38.1. The van der Waals surface area contributed by atoms with Gasteiger partial charge in [0.05, 0.1) is 9.79 Å². The van der Waals surface area contributed by atoms with E-state index < -0.39 is 20.2 Å². The topological polar surface area (TPSA) is 114 Å². The quantitative estimate of drug-likeness (QED) is 0.0251. The summed E-state index contributed by atoms with van der Waals surface area (Å²) in [5.74, 6) is 0. The summed E-state index contributed by atoms with van der Waals surface area (Å²) in [4.78, 5) is 0.0347. The molecule has 0 aliphatic carbocycles. The Labute approximate surface area is 453 Å². The third kappa shape index (κ3) is 25.3. The predicted octanol–water partition coefficient (Wildman–Crippen LogP) is 17.8. The van der Waals surface area contributed by atoms with Gasteiger partial charge >= 0.3 is 37.7 Å². The van der Waals surface area contributed by atoms with E-state index in [0.29, 0.717) is 12.8 Å². The largest absolute Gasteiger partial charge is 2.00 e. The van der Waals surface area contributed by atoms with Gasteiger partial charge in [-0.1, -0.05) is 256 Å². The van der Waals surface area contributed by atoms with E-state index in [9.17, 15) is 25.9 Å². The molecule has 0 bridgehead atoms. The minimum Gasteiger partial charge on any atom is -0.744 e. The summed E-state index contributed by atoms with van der Waals surface area (Å²) in [7, 11) is -9.01. The molecule has 0 spiro atoms. The molecule has 0 aliphatic rings. The number of fused-ring (bicyclic) bond motifs is 2. The van der Waals surface area contributed by atoms with E-state index in [4.69, 9.17) is 0 Å². The fourth-order valence-corrected chi connectivity index (χ4v) is 11.8. The molecule has 0 saturated heterocycles. The van der Waals surface area contributed by atoms with E-state index in [1.165, 1.54) is 154 Å². The number of rotatable bonds is 38. The maximum atomic E-state index is 12.2. The van der Waals surface area contributed by atoms with Gasteiger partial charge in [0.25, 0.3) is 0 Å². The van der Waals surface area contributed by atoms with Gasteiger partial charge in [-0.25, -0.2) is 16.8 Å². The third-order valence-corrected chi connectivity index (χ3v) is 15.9. The van der Waals surface area contributed by atoms with Crippen molar-refractivity contribution in [2.24, 2.45) is 0 Å². The summed E-state index contributed by atoms with van der Waals surface area (Å²) in [5.41, 5.74) is 3.79. The Bertz CT molecular complexity index is 2030. The number of aryl methyl sites for hydroxylation is 2. The molecule has 0 heterocycles. The summed E-state index contributed by atoms with van der Waals surface area (Å²) in [6.07, 6.45) is 42.2. The maximum Gasteiger partial charge on any atom is 2.00 e. The fraction of sp³-hybridized carbons (Fsp3) is 0.667. The molecule has 0 amide bonds. The Kier molecular flexibility index (Phi) is 35.1. The van der Waals surface area contributed by atoms with E-state index in [1.54, 1.807) is 12.1 Å². The first-order valence-electron chi connectivity index (χ1n) is 28.0. The molecule has 0 saturated carbocycles. The predicted molar refractivity (Wildman–Crippen MR) is 295 cm³/mol. The van der Waals surface area contributed by atoms with Crippen molar-refractivity contribution in [3.63, 3.8) is 0 Å². The van der Waals surface area contributed by atoms with Crippen LogP contribution in [-0.2, 0) is 45.9 Å². The van der Waals surface area contributed by atoms with E-state index in [1.807, 2.05) is 36.4 Å². The molecule has 0 aliphatic heterocycles. The molecular weight excluding hydrogens is 921 g/mol. The Hall–Kier alpha value is -1.52. The van der Waals surface area contributed by atoms with Gasteiger partial charge in [-0.3, -0.25) is 0 Å². The van der Waals surface area contributed by atoms with Gasteiger partial charge in [0.1, 0.15) is 20.2 Å². The summed E-state index contributed by atoms with van der Waals surface area (Å²) in [5, 5.41) is 3.97. The second-order valence-electron chi connectivity index (χ2n) is 19.9. The van der Waals surface area contributed by atoms with Crippen LogP contribution in [0.15, 0.2) is 70.5 Å². The zero-order valence-electron chi connectivity index (χ0n) is 44.2. The number of hydrogen-bond donors (Lipinski definition) is 0. The van der Waals surface area contributed by atoms with Gasteiger partial charge in [0.15, 0.2) is 0 Å². The smallest absolute Gasteiger partial charge is 0.744 e. The van der Waals surface area contributed by atoms with E-state index in [2.05, 4.69) is 39.8 Å². The van der Waals surface area contributed by atoms with Crippen LogP contribution in [-0.4, -0.2) is 63.7 Å². The Morgan fingerprint density at radius 3 is 0.783 bits per heavy atom. The molecule has 69 heavy (non-hydrogen) atoms. The summed E-state index contributed by atoms with van der Waals surface area (Å²) in [6.45, 7) is 8.95. The molecule has 0 atom stereocenters. The average molecular weight is 1020 g/mol. The van der Waals surface area contributed by atoms with Crippen LogP contribution in [0.25, 0.3) is 21.5 Å². The molecule has 0 N–H and O–H groups in total. The van der Waals surface area contributed by atoms with Crippen molar-refractivity contribution in [1.82, 2.24) is 0 Å². The zero-order chi connectivity index (χ0) is 49.3. The first-order chi connectivity index (χ1) is 33.0. The van der Waals surface area contributed by atoms with Crippen LogP contribution in [0.3, 0.4) is 0 Å². The van der Waals surface area contributed by atoms with Crippen molar-refractivity contribution in [3.8, 4) is 0 Å². The number of benzene rings is 4. The van der Waals surface area contributed by atoms with E-state index in [-0.39, 0.29) is 47.5 Å².